The quantitative estimate of drug-likeness (QED) is 0.904. The Hall–Kier alpha value is -2.27. The monoisotopic (exact) mass is 277 g/mol. The topological polar surface area (TPSA) is 77.2 Å². The molecule has 1 aromatic heterocycles. The van der Waals surface area contributed by atoms with Crippen molar-refractivity contribution in [2.24, 2.45) is 0 Å². The molecule has 0 spiro atoms. The standard InChI is InChI=1S/C13H12ClN3O2/c1-19-12-3-2-9(7-10(12)14)17-13(18)11-6-8(15)4-5-16-11/h2-7H,1H3,(H2,15,16)(H,17,18). The highest BCUT2D eigenvalue weighted by Crippen LogP contribution is 2.27. The lowest BCUT2D eigenvalue weighted by molar-refractivity contribution is 0.102. The third kappa shape index (κ3) is 3.14. The lowest BCUT2D eigenvalue weighted by Gasteiger charge is -2.08. The van der Waals surface area contributed by atoms with Crippen LogP contribution in [0.5, 0.6) is 5.75 Å². The second kappa shape index (κ2) is 5.58. The van der Waals surface area contributed by atoms with Gasteiger partial charge in [-0.05, 0) is 30.3 Å². The normalized spacial score (nSPS) is 10.0. The smallest absolute Gasteiger partial charge is 0.274 e. The van der Waals surface area contributed by atoms with Crippen molar-refractivity contribution >= 4 is 28.9 Å². The minimum Gasteiger partial charge on any atom is -0.495 e. The molecule has 0 fully saturated rings. The van der Waals surface area contributed by atoms with E-state index in [0.29, 0.717) is 22.1 Å². The average Bonchev–Trinajstić information content (AvgIpc) is 2.39. The number of anilines is 2. The fraction of sp³-hybridized carbons (Fsp3) is 0.0769. The number of amides is 1. The number of hydrogen-bond donors (Lipinski definition) is 2. The van der Waals surface area contributed by atoms with Crippen LogP contribution in [0, 0.1) is 0 Å². The van der Waals surface area contributed by atoms with E-state index >= 15 is 0 Å². The molecule has 0 saturated carbocycles. The van der Waals surface area contributed by atoms with Crippen molar-refractivity contribution in [2.75, 3.05) is 18.2 Å². The summed E-state index contributed by atoms with van der Waals surface area (Å²) in [5.41, 5.74) is 6.87. The molecular weight excluding hydrogens is 266 g/mol. The number of carbonyl (C=O) groups is 1. The van der Waals surface area contributed by atoms with Gasteiger partial charge in [-0.15, -0.1) is 0 Å². The first-order valence-corrected chi connectivity index (χ1v) is 5.84. The Balaban J connectivity index is 2.17. The minimum absolute atomic E-state index is 0.243. The summed E-state index contributed by atoms with van der Waals surface area (Å²) >= 11 is 5.97. The number of carbonyl (C=O) groups excluding carboxylic acids is 1. The highest BCUT2D eigenvalue weighted by Gasteiger charge is 2.09. The van der Waals surface area contributed by atoms with Gasteiger partial charge < -0.3 is 15.8 Å². The minimum atomic E-state index is -0.353. The zero-order valence-corrected chi connectivity index (χ0v) is 10.9. The molecule has 0 aliphatic carbocycles. The second-order valence-corrected chi connectivity index (χ2v) is 4.19. The molecule has 0 aliphatic heterocycles. The van der Waals surface area contributed by atoms with Crippen LogP contribution in [-0.4, -0.2) is 18.0 Å². The van der Waals surface area contributed by atoms with Gasteiger partial charge in [-0.1, -0.05) is 11.6 Å². The van der Waals surface area contributed by atoms with Gasteiger partial charge in [0.1, 0.15) is 11.4 Å². The van der Waals surface area contributed by atoms with E-state index in [0.717, 1.165) is 0 Å². The Kier molecular flexibility index (Phi) is 3.87. The number of methoxy groups -OCH3 is 1. The SMILES string of the molecule is COc1ccc(NC(=O)c2cc(N)ccn2)cc1Cl. The molecule has 0 aliphatic rings. The molecule has 19 heavy (non-hydrogen) atoms. The number of hydrogen-bond acceptors (Lipinski definition) is 4. The fourth-order valence-corrected chi connectivity index (χ4v) is 1.77. The van der Waals surface area contributed by atoms with Gasteiger partial charge in [-0.2, -0.15) is 0 Å². The number of nitrogens with two attached hydrogens (primary N) is 1. The maximum Gasteiger partial charge on any atom is 0.274 e. The maximum absolute atomic E-state index is 11.9. The highest BCUT2D eigenvalue weighted by molar-refractivity contribution is 6.32. The number of benzene rings is 1. The number of ether oxygens (including phenoxy) is 1. The predicted octanol–water partition coefficient (Wildman–Crippen LogP) is 2.58. The summed E-state index contributed by atoms with van der Waals surface area (Å²) < 4.78 is 5.03. The Morgan fingerprint density at radius 1 is 1.37 bits per heavy atom. The van der Waals surface area contributed by atoms with Gasteiger partial charge in [0.2, 0.25) is 0 Å². The molecule has 0 saturated heterocycles. The van der Waals surface area contributed by atoms with Gasteiger partial charge in [0.15, 0.2) is 0 Å². The number of pyridine rings is 1. The second-order valence-electron chi connectivity index (χ2n) is 3.78. The predicted molar refractivity (Wildman–Crippen MR) is 74.6 cm³/mol. The molecule has 1 heterocycles. The first kappa shape index (κ1) is 13.2. The number of rotatable bonds is 3. The van der Waals surface area contributed by atoms with Crippen molar-refractivity contribution in [3.8, 4) is 5.75 Å². The maximum atomic E-state index is 11.9. The van der Waals surface area contributed by atoms with Crippen molar-refractivity contribution in [3.63, 3.8) is 0 Å². The van der Waals surface area contributed by atoms with Crippen LogP contribution in [0.4, 0.5) is 11.4 Å². The number of halogens is 1. The summed E-state index contributed by atoms with van der Waals surface area (Å²) in [6.45, 7) is 0. The van der Waals surface area contributed by atoms with Gasteiger partial charge in [0, 0.05) is 17.6 Å². The molecule has 3 N–H and O–H groups in total. The molecule has 1 amide bonds. The number of nitrogens with one attached hydrogen (secondary N) is 1. The van der Waals surface area contributed by atoms with E-state index in [1.54, 1.807) is 24.3 Å². The van der Waals surface area contributed by atoms with E-state index in [4.69, 9.17) is 22.1 Å². The van der Waals surface area contributed by atoms with Gasteiger partial charge in [-0.25, -0.2) is 0 Å². The van der Waals surface area contributed by atoms with Crippen molar-refractivity contribution < 1.29 is 9.53 Å². The third-order valence-corrected chi connectivity index (χ3v) is 2.72. The molecule has 0 atom stereocenters. The van der Waals surface area contributed by atoms with Crippen LogP contribution in [0.25, 0.3) is 0 Å². The van der Waals surface area contributed by atoms with Crippen LogP contribution in [0.1, 0.15) is 10.5 Å². The van der Waals surface area contributed by atoms with Crippen LogP contribution < -0.4 is 15.8 Å². The van der Waals surface area contributed by atoms with Crippen LogP contribution in [0.3, 0.4) is 0 Å². The van der Waals surface area contributed by atoms with Gasteiger partial charge in [0.25, 0.3) is 5.91 Å². The molecular formula is C13H12ClN3O2. The molecule has 0 radical (unpaired) electrons. The van der Waals surface area contributed by atoms with Gasteiger partial charge in [0.05, 0.1) is 12.1 Å². The average molecular weight is 278 g/mol. The third-order valence-electron chi connectivity index (χ3n) is 2.43. The Labute approximate surface area is 115 Å². The summed E-state index contributed by atoms with van der Waals surface area (Å²) in [5, 5.41) is 3.10. The number of aromatic nitrogens is 1. The zero-order chi connectivity index (χ0) is 13.8. The summed E-state index contributed by atoms with van der Waals surface area (Å²) in [5.74, 6) is 0.190. The molecule has 98 valence electrons. The van der Waals surface area contributed by atoms with Crippen molar-refractivity contribution in [1.29, 1.82) is 0 Å². The number of nitrogens with zero attached hydrogens (tertiary/aromatic N) is 1. The van der Waals surface area contributed by atoms with E-state index in [1.807, 2.05) is 0 Å². The summed E-state index contributed by atoms with van der Waals surface area (Å²) in [6, 6.07) is 8.08. The van der Waals surface area contributed by atoms with E-state index in [2.05, 4.69) is 10.3 Å². The zero-order valence-electron chi connectivity index (χ0n) is 10.2. The Morgan fingerprint density at radius 3 is 2.79 bits per heavy atom. The van der Waals surface area contributed by atoms with E-state index in [9.17, 15) is 4.79 Å². The summed E-state index contributed by atoms with van der Waals surface area (Å²) in [4.78, 5) is 15.9. The van der Waals surface area contributed by atoms with Crippen LogP contribution in [0.2, 0.25) is 5.02 Å². The molecule has 0 unspecified atom stereocenters. The molecule has 0 bridgehead atoms. The Morgan fingerprint density at radius 2 is 2.16 bits per heavy atom. The van der Waals surface area contributed by atoms with Crippen LogP contribution in [0.15, 0.2) is 36.5 Å². The van der Waals surface area contributed by atoms with Crippen molar-refractivity contribution in [2.45, 2.75) is 0 Å². The Bertz CT molecular complexity index is 617. The van der Waals surface area contributed by atoms with Crippen LogP contribution in [-0.2, 0) is 0 Å². The first-order valence-electron chi connectivity index (χ1n) is 5.46. The molecule has 1 aromatic carbocycles. The van der Waals surface area contributed by atoms with Gasteiger partial charge >= 0.3 is 0 Å². The lowest BCUT2D eigenvalue weighted by Crippen LogP contribution is -2.13. The number of nitrogen functional groups attached to an aromatic ring is 1. The molecule has 6 heteroatoms. The largest absolute Gasteiger partial charge is 0.495 e. The molecule has 2 aromatic rings. The van der Waals surface area contributed by atoms with Gasteiger partial charge in [-0.3, -0.25) is 9.78 Å². The molecule has 5 nitrogen and oxygen atoms in total. The molecule has 2 rings (SSSR count). The van der Waals surface area contributed by atoms with E-state index in [-0.39, 0.29) is 11.6 Å². The van der Waals surface area contributed by atoms with E-state index < -0.39 is 0 Å². The fourth-order valence-electron chi connectivity index (χ4n) is 1.51. The summed E-state index contributed by atoms with van der Waals surface area (Å²) in [7, 11) is 1.52. The van der Waals surface area contributed by atoms with Crippen LogP contribution >= 0.6 is 11.6 Å². The first-order chi connectivity index (χ1) is 9.10. The highest BCUT2D eigenvalue weighted by atomic mass is 35.5. The van der Waals surface area contributed by atoms with E-state index in [1.165, 1.54) is 19.4 Å². The summed E-state index contributed by atoms with van der Waals surface area (Å²) in [6.07, 6.45) is 1.48. The van der Waals surface area contributed by atoms with Crippen molar-refractivity contribution in [1.82, 2.24) is 4.98 Å². The van der Waals surface area contributed by atoms with Crippen molar-refractivity contribution in [3.05, 3.63) is 47.2 Å². The lowest BCUT2D eigenvalue weighted by atomic mass is 10.2.